The first kappa shape index (κ1) is 20.3. The lowest BCUT2D eigenvalue weighted by Crippen LogP contribution is -2.30. The third-order valence-corrected chi connectivity index (χ3v) is 5.60. The molecule has 0 bridgehead atoms. The van der Waals surface area contributed by atoms with E-state index in [1.165, 1.54) is 0 Å². The normalized spacial score (nSPS) is 15.2. The molecule has 3 heterocycles. The molecule has 8 nitrogen and oxygen atoms in total. The number of carbonyl (C=O) groups excluding carboxylic acids is 2. The summed E-state index contributed by atoms with van der Waals surface area (Å²) in [5.74, 6) is 0.261. The van der Waals surface area contributed by atoms with Crippen LogP contribution in [0.4, 0.5) is 5.69 Å². The molecule has 32 heavy (non-hydrogen) atoms. The van der Waals surface area contributed by atoms with Gasteiger partial charge >= 0.3 is 5.97 Å². The quantitative estimate of drug-likeness (QED) is 0.633. The first-order valence-corrected chi connectivity index (χ1v) is 10.5. The van der Waals surface area contributed by atoms with Gasteiger partial charge in [-0.15, -0.1) is 0 Å². The number of nitrogens with one attached hydrogen (secondary N) is 1. The molecule has 8 heteroatoms. The molecule has 1 amide bonds. The van der Waals surface area contributed by atoms with Gasteiger partial charge in [-0.2, -0.15) is 0 Å². The number of carbonyl (C=O) groups is 2. The average Bonchev–Trinajstić information content (AvgIpc) is 2.81. The van der Waals surface area contributed by atoms with Crippen LogP contribution in [-0.2, 0) is 22.5 Å². The minimum Gasteiger partial charge on any atom is -0.486 e. The number of para-hydroxylation sites is 1. The van der Waals surface area contributed by atoms with Gasteiger partial charge < -0.3 is 24.4 Å². The first-order chi connectivity index (χ1) is 15.6. The molecule has 2 aliphatic rings. The molecule has 0 atom stereocenters. The Bertz CT molecular complexity index is 1210. The summed E-state index contributed by atoms with van der Waals surface area (Å²) in [7, 11) is 2.01. The fraction of sp³-hybridized carbons (Fsp3) is 0.292. The number of nitrogens with zero attached hydrogens (tertiary/aromatic N) is 2. The van der Waals surface area contributed by atoms with E-state index in [2.05, 4.69) is 10.2 Å². The second kappa shape index (κ2) is 8.47. The van der Waals surface area contributed by atoms with Gasteiger partial charge in [0.25, 0.3) is 5.91 Å². The van der Waals surface area contributed by atoms with Crippen molar-refractivity contribution in [3.63, 3.8) is 0 Å². The maximum Gasteiger partial charge on any atom is 0.339 e. The van der Waals surface area contributed by atoms with Crippen LogP contribution in [0, 0.1) is 0 Å². The number of fused-ring (bicyclic) bond motifs is 3. The van der Waals surface area contributed by atoms with Crippen molar-refractivity contribution in [1.29, 1.82) is 0 Å². The third-order valence-electron chi connectivity index (χ3n) is 5.60. The van der Waals surface area contributed by atoms with Crippen molar-refractivity contribution < 1.29 is 23.8 Å². The minimum atomic E-state index is -0.521. The predicted octanol–water partition coefficient (Wildman–Crippen LogP) is 2.79. The summed E-state index contributed by atoms with van der Waals surface area (Å²) >= 11 is 0. The number of pyridine rings is 1. The van der Waals surface area contributed by atoms with Gasteiger partial charge in [0.05, 0.1) is 11.1 Å². The standard InChI is InChI=1S/C24H23N3O5/c1-27-9-8-19-17(13-27)23(16-4-2-3-5-18(16)26-19)24(29)32-14-22(28)25-15-6-7-20-21(12-15)31-11-10-30-20/h2-7,12H,8-11,13-14H2,1H3,(H,25,28). The van der Waals surface area contributed by atoms with Crippen LogP contribution in [0.1, 0.15) is 21.6 Å². The number of anilines is 1. The van der Waals surface area contributed by atoms with Crippen LogP contribution in [0.2, 0.25) is 0 Å². The molecule has 0 spiro atoms. The molecule has 0 saturated carbocycles. The zero-order valence-corrected chi connectivity index (χ0v) is 17.7. The van der Waals surface area contributed by atoms with Gasteiger partial charge in [0.1, 0.15) is 13.2 Å². The third kappa shape index (κ3) is 3.97. The summed E-state index contributed by atoms with van der Waals surface area (Å²) < 4.78 is 16.4. The minimum absolute atomic E-state index is 0.394. The number of benzene rings is 2. The molecule has 3 aromatic rings. The van der Waals surface area contributed by atoms with Crippen molar-refractivity contribution in [3.05, 3.63) is 59.3 Å². The number of esters is 1. The van der Waals surface area contributed by atoms with Crippen LogP contribution in [-0.4, -0.2) is 55.2 Å². The topological polar surface area (TPSA) is 90.0 Å². The highest BCUT2D eigenvalue weighted by Crippen LogP contribution is 2.32. The van der Waals surface area contributed by atoms with E-state index >= 15 is 0 Å². The molecule has 0 radical (unpaired) electrons. The number of rotatable bonds is 4. The molecule has 1 aromatic heterocycles. The number of ether oxygens (including phenoxy) is 3. The summed E-state index contributed by atoms with van der Waals surface area (Å²) in [5, 5.41) is 3.47. The van der Waals surface area contributed by atoms with Gasteiger partial charge in [0.15, 0.2) is 18.1 Å². The monoisotopic (exact) mass is 433 g/mol. The Hall–Kier alpha value is -3.65. The Morgan fingerprint density at radius 2 is 1.94 bits per heavy atom. The molecular weight excluding hydrogens is 410 g/mol. The zero-order valence-electron chi connectivity index (χ0n) is 17.7. The Labute approximate surface area is 185 Å². The first-order valence-electron chi connectivity index (χ1n) is 10.5. The molecule has 5 rings (SSSR count). The number of likely N-dealkylation sites (N-methyl/N-ethyl adjacent to an activating group) is 1. The van der Waals surface area contributed by atoms with E-state index in [1.54, 1.807) is 18.2 Å². The second-order valence-corrected chi connectivity index (χ2v) is 7.90. The number of aromatic nitrogens is 1. The number of hydrogen-bond acceptors (Lipinski definition) is 7. The average molecular weight is 433 g/mol. The fourth-order valence-corrected chi connectivity index (χ4v) is 4.08. The van der Waals surface area contributed by atoms with Crippen LogP contribution >= 0.6 is 0 Å². The van der Waals surface area contributed by atoms with Gasteiger partial charge in [-0.1, -0.05) is 18.2 Å². The summed E-state index contributed by atoms with van der Waals surface area (Å²) in [5.41, 5.74) is 3.57. The van der Waals surface area contributed by atoms with E-state index in [0.717, 1.165) is 35.1 Å². The molecule has 0 unspecified atom stereocenters. The summed E-state index contributed by atoms with van der Waals surface area (Å²) in [6.45, 7) is 2.06. The zero-order chi connectivity index (χ0) is 22.1. The van der Waals surface area contributed by atoms with E-state index < -0.39 is 18.5 Å². The smallest absolute Gasteiger partial charge is 0.339 e. The lowest BCUT2D eigenvalue weighted by Gasteiger charge is -2.26. The second-order valence-electron chi connectivity index (χ2n) is 7.90. The maximum absolute atomic E-state index is 13.1. The molecule has 0 aliphatic carbocycles. The van der Waals surface area contributed by atoms with E-state index in [0.29, 0.717) is 42.5 Å². The predicted molar refractivity (Wildman–Crippen MR) is 118 cm³/mol. The summed E-state index contributed by atoms with van der Waals surface area (Å²) in [6.07, 6.45) is 0.765. The van der Waals surface area contributed by atoms with Crippen molar-refractivity contribution in [3.8, 4) is 11.5 Å². The van der Waals surface area contributed by atoms with E-state index in [1.807, 2.05) is 31.3 Å². The molecule has 1 N–H and O–H groups in total. The van der Waals surface area contributed by atoms with Crippen molar-refractivity contribution in [1.82, 2.24) is 9.88 Å². The Morgan fingerprint density at radius 1 is 1.12 bits per heavy atom. The van der Waals surface area contributed by atoms with Gasteiger partial charge in [0.2, 0.25) is 0 Å². The van der Waals surface area contributed by atoms with Crippen LogP contribution in [0.3, 0.4) is 0 Å². The molecular formula is C24H23N3O5. The van der Waals surface area contributed by atoms with Crippen LogP contribution in [0.5, 0.6) is 11.5 Å². The van der Waals surface area contributed by atoms with Gasteiger partial charge in [-0.25, -0.2) is 4.79 Å². The van der Waals surface area contributed by atoms with Crippen molar-refractivity contribution in [2.24, 2.45) is 0 Å². The molecule has 164 valence electrons. The molecule has 2 aliphatic heterocycles. The van der Waals surface area contributed by atoms with Gasteiger partial charge in [-0.3, -0.25) is 9.78 Å². The SMILES string of the molecule is CN1CCc2nc3ccccc3c(C(=O)OCC(=O)Nc3ccc4c(c3)OCCO4)c2C1. The highest BCUT2D eigenvalue weighted by Gasteiger charge is 2.26. The number of amides is 1. The van der Waals surface area contributed by atoms with Crippen molar-refractivity contribution in [2.75, 3.05) is 38.7 Å². The largest absolute Gasteiger partial charge is 0.486 e. The van der Waals surface area contributed by atoms with Crippen LogP contribution in [0.25, 0.3) is 10.9 Å². The molecule has 2 aromatic carbocycles. The lowest BCUT2D eigenvalue weighted by atomic mass is 9.96. The van der Waals surface area contributed by atoms with Crippen LogP contribution in [0.15, 0.2) is 42.5 Å². The van der Waals surface area contributed by atoms with E-state index in [9.17, 15) is 9.59 Å². The molecule has 0 saturated heterocycles. The van der Waals surface area contributed by atoms with Crippen molar-refractivity contribution in [2.45, 2.75) is 13.0 Å². The Kier molecular flexibility index (Phi) is 5.36. The van der Waals surface area contributed by atoms with Crippen LogP contribution < -0.4 is 14.8 Å². The van der Waals surface area contributed by atoms with E-state index in [4.69, 9.17) is 19.2 Å². The highest BCUT2D eigenvalue weighted by molar-refractivity contribution is 6.06. The lowest BCUT2D eigenvalue weighted by molar-refractivity contribution is -0.119. The van der Waals surface area contributed by atoms with Crippen molar-refractivity contribution >= 4 is 28.5 Å². The summed E-state index contributed by atoms with van der Waals surface area (Å²) in [4.78, 5) is 32.4. The Balaban J connectivity index is 1.33. The summed E-state index contributed by atoms with van der Waals surface area (Å²) in [6, 6.07) is 12.7. The Morgan fingerprint density at radius 3 is 2.81 bits per heavy atom. The highest BCUT2D eigenvalue weighted by atomic mass is 16.6. The van der Waals surface area contributed by atoms with Gasteiger partial charge in [-0.05, 0) is 25.2 Å². The van der Waals surface area contributed by atoms with E-state index in [-0.39, 0.29) is 0 Å². The fourth-order valence-electron chi connectivity index (χ4n) is 4.08. The number of hydrogen-bond donors (Lipinski definition) is 1. The van der Waals surface area contributed by atoms with Gasteiger partial charge in [0, 0.05) is 47.9 Å². The maximum atomic E-state index is 13.1. The molecule has 0 fully saturated rings.